The molecule has 0 aliphatic heterocycles. The number of hydrogen-bond acceptors (Lipinski definition) is 2. The van der Waals surface area contributed by atoms with Gasteiger partial charge in [0, 0.05) is 18.1 Å². The number of benzene rings is 2. The van der Waals surface area contributed by atoms with Crippen LogP contribution in [-0.4, -0.2) is 17.6 Å². The minimum Gasteiger partial charge on any atom is -0.495 e. The van der Waals surface area contributed by atoms with E-state index in [2.05, 4.69) is 28.9 Å². The van der Waals surface area contributed by atoms with Gasteiger partial charge in [0.15, 0.2) is 0 Å². The molecule has 1 amide bonds. The number of nitrogens with zero attached hydrogens (tertiary/aromatic N) is 1. The summed E-state index contributed by atoms with van der Waals surface area (Å²) in [7, 11) is 1.56. The van der Waals surface area contributed by atoms with Crippen molar-refractivity contribution in [3.05, 3.63) is 83.1 Å². The average Bonchev–Trinajstić information content (AvgIpc) is 3.15. The maximum absolute atomic E-state index is 12.7. The maximum Gasteiger partial charge on any atom is 0.226 e. The molecular weight excluding hydrogens is 348 g/mol. The van der Waals surface area contributed by atoms with E-state index in [9.17, 15) is 4.79 Å². The Morgan fingerprint density at radius 1 is 1.15 bits per heavy atom. The van der Waals surface area contributed by atoms with Crippen LogP contribution >= 0.6 is 11.6 Å². The molecule has 1 aromatic heterocycles. The molecule has 5 heteroatoms. The molecule has 0 saturated carbocycles. The molecule has 26 heavy (non-hydrogen) atoms. The van der Waals surface area contributed by atoms with E-state index in [1.165, 1.54) is 0 Å². The quantitative estimate of drug-likeness (QED) is 0.659. The fourth-order valence-corrected chi connectivity index (χ4v) is 3.28. The standard InChI is InChI=1S/C21H21ClN2O2/c1-15-7-3-4-8-17(15)19(24-11-5-6-12-24)14-21(25)23-16-9-10-20(26-2)18(22)13-16/h3-13,19H,14H2,1-2H3,(H,23,25). The third-order valence-corrected chi connectivity index (χ3v) is 4.64. The van der Waals surface area contributed by atoms with Crippen LogP contribution in [0.15, 0.2) is 67.0 Å². The first-order valence-corrected chi connectivity index (χ1v) is 8.77. The second kappa shape index (κ2) is 8.11. The molecule has 1 atom stereocenters. The number of aromatic nitrogens is 1. The summed E-state index contributed by atoms with van der Waals surface area (Å²) in [5.41, 5.74) is 2.94. The van der Waals surface area contributed by atoms with E-state index in [4.69, 9.17) is 16.3 Å². The van der Waals surface area contributed by atoms with Crippen molar-refractivity contribution in [2.75, 3.05) is 12.4 Å². The molecule has 0 aliphatic rings. The molecular formula is C21H21ClN2O2. The van der Waals surface area contributed by atoms with Gasteiger partial charge in [0.2, 0.25) is 5.91 Å². The molecule has 0 aliphatic carbocycles. The number of carbonyl (C=O) groups excluding carboxylic acids is 1. The third-order valence-electron chi connectivity index (χ3n) is 4.35. The Labute approximate surface area is 158 Å². The molecule has 3 aromatic rings. The fraction of sp³-hybridized carbons (Fsp3) is 0.190. The van der Waals surface area contributed by atoms with E-state index in [0.717, 1.165) is 11.1 Å². The topological polar surface area (TPSA) is 43.3 Å². The zero-order valence-corrected chi connectivity index (χ0v) is 15.5. The number of anilines is 1. The summed E-state index contributed by atoms with van der Waals surface area (Å²) >= 11 is 6.14. The van der Waals surface area contributed by atoms with Crippen molar-refractivity contribution in [3.63, 3.8) is 0 Å². The Bertz CT molecular complexity index is 891. The molecule has 0 radical (unpaired) electrons. The molecule has 0 saturated heterocycles. The van der Waals surface area contributed by atoms with Gasteiger partial charge in [-0.1, -0.05) is 35.9 Å². The monoisotopic (exact) mass is 368 g/mol. The fourth-order valence-electron chi connectivity index (χ4n) is 3.02. The van der Waals surface area contributed by atoms with Crippen molar-refractivity contribution in [3.8, 4) is 5.75 Å². The smallest absolute Gasteiger partial charge is 0.226 e. The van der Waals surface area contributed by atoms with Crippen molar-refractivity contribution >= 4 is 23.2 Å². The van der Waals surface area contributed by atoms with Crippen molar-refractivity contribution < 1.29 is 9.53 Å². The molecule has 1 unspecified atom stereocenters. The van der Waals surface area contributed by atoms with E-state index < -0.39 is 0 Å². The van der Waals surface area contributed by atoms with Gasteiger partial charge in [-0.05, 0) is 48.4 Å². The van der Waals surface area contributed by atoms with Crippen LogP contribution in [0.5, 0.6) is 5.75 Å². The van der Waals surface area contributed by atoms with Crippen LogP contribution in [0.1, 0.15) is 23.6 Å². The van der Waals surface area contributed by atoms with E-state index in [1.807, 2.05) is 36.7 Å². The van der Waals surface area contributed by atoms with Gasteiger partial charge in [0.25, 0.3) is 0 Å². The number of aryl methyl sites for hydroxylation is 1. The number of amides is 1. The van der Waals surface area contributed by atoms with E-state index in [-0.39, 0.29) is 11.9 Å². The first-order valence-electron chi connectivity index (χ1n) is 8.40. The number of methoxy groups -OCH3 is 1. The van der Waals surface area contributed by atoms with Gasteiger partial charge in [-0.2, -0.15) is 0 Å². The van der Waals surface area contributed by atoms with Gasteiger partial charge in [0.05, 0.1) is 24.6 Å². The van der Waals surface area contributed by atoms with Gasteiger partial charge in [0.1, 0.15) is 5.75 Å². The first-order chi connectivity index (χ1) is 12.6. The highest BCUT2D eigenvalue weighted by molar-refractivity contribution is 6.32. The average molecular weight is 369 g/mol. The Hall–Kier alpha value is -2.72. The molecule has 4 nitrogen and oxygen atoms in total. The van der Waals surface area contributed by atoms with Gasteiger partial charge < -0.3 is 14.6 Å². The lowest BCUT2D eigenvalue weighted by Crippen LogP contribution is -2.20. The van der Waals surface area contributed by atoms with Crippen molar-refractivity contribution in [1.82, 2.24) is 4.57 Å². The summed E-state index contributed by atoms with van der Waals surface area (Å²) in [6.07, 6.45) is 4.28. The molecule has 0 bridgehead atoms. The van der Waals surface area contributed by atoms with Crippen molar-refractivity contribution in [2.24, 2.45) is 0 Å². The highest BCUT2D eigenvalue weighted by Gasteiger charge is 2.19. The molecule has 0 fully saturated rings. The first kappa shape index (κ1) is 18.1. The molecule has 3 rings (SSSR count). The van der Waals surface area contributed by atoms with Gasteiger partial charge in [-0.15, -0.1) is 0 Å². The second-order valence-electron chi connectivity index (χ2n) is 6.10. The van der Waals surface area contributed by atoms with Crippen LogP contribution in [0.3, 0.4) is 0 Å². The van der Waals surface area contributed by atoms with Crippen LogP contribution in [0.25, 0.3) is 0 Å². The lowest BCUT2D eigenvalue weighted by Gasteiger charge is -2.21. The van der Waals surface area contributed by atoms with Gasteiger partial charge >= 0.3 is 0 Å². The molecule has 134 valence electrons. The number of ether oxygens (including phenoxy) is 1. The van der Waals surface area contributed by atoms with Crippen LogP contribution in [0.2, 0.25) is 5.02 Å². The van der Waals surface area contributed by atoms with Crippen molar-refractivity contribution in [1.29, 1.82) is 0 Å². The summed E-state index contributed by atoms with van der Waals surface area (Å²) in [5, 5.41) is 3.39. The Morgan fingerprint density at radius 2 is 1.88 bits per heavy atom. The summed E-state index contributed by atoms with van der Waals surface area (Å²) in [4.78, 5) is 12.7. The minimum atomic E-state index is -0.0758. The van der Waals surface area contributed by atoms with E-state index in [0.29, 0.717) is 22.9 Å². The summed E-state index contributed by atoms with van der Waals surface area (Å²) in [6, 6.07) is 17.2. The predicted molar refractivity (Wildman–Crippen MR) is 105 cm³/mol. The number of rotatable bonds is 6. The lowest BCUT2D eigenvalue weighted by atomic mass is 9.98. The molecule has 2 aromatic carbocycles. The Morgan fingerprint density at radius 3 is 2.54 bits per heavy atom. The lowest BCUT2D eigenvalue weighted by molar-refractivity contribution is -0.116. The molecule has 0 spiro atoms. The number of carbonyl (C=O) groups is 1. The van der Waals surface area contributed by atoms with E-state index >= 15 is 0 Å². The van der Waals surface area contributed by atoms with Crippen LogP contribution in [0, 0.1) is 6.92 Å². The zero-order valence-electron chi connectivity index (χ0n) is 14.8. The number of hydrogen-bond donors (Lipinski definition) is 1. The third kappa shape index (κ3) is 4.09. The van der Waals surface area contributed by atoms with E-state index in [1.54, 1.807) is 25.3 Å². The molecule has 1 N–H and O–H groups in total. The van der Waals surface area contributed by atoms with Crippen LogP contribution in [-0.2, 0) is 4.79 Å². The normalized spacial score (nSPS) is 11.8. The summed E-state index contributed by atoms with van der Waals surface area (Å²) in [6.45, 7) is 2.06. The van der Waals surface area contributed by atoms with Gasteiger partial charge in [-0.25, -0.2) is 0 Å². The van der Waals surface area contributed by atoms with Crippen molar-refractivity contribution in [2.45, 2.75) is 19.4 Å². The second-order valence-corrected chi connectivity index (χ2v) is 6.51. The maximum atomic E-state index is 12.7. The highest BCUT2D eigenvalue weighted by atomic mass is 35.5. The highest BCUT2D eigenvalue weighted by Crippen LogP contribution is 2.29. The largest absolute Gasteiger partial charge is 0.495 e. The zero-order chi connectivity index (χ0) is 18.5. The van der Waals surface area contributed by atoms with Crippen LogP contribution in [0.4, 0.5) is 5.69 Å². The number of halogens is 1. The predicted octanol–water partition coefficient (Wildman–Crippen LogP) is 5.08. The van der Waals surface area contributed by atoms with Gasteiger partial charge in [-0.3, -0.25) is 4.79 Å². The SMILES string of the molecule is COc1ccc(NC(=O)CC(c2ccccc2C)n2cccc2)cc1Cl. The van der Waals surface area contributed by atoms with Crippen LogP contribution < -0.4 is 10.1 Å². The Kier molecular flexibility index (Phi) is 5.64. The molecule has 1 heterocycles. The Balaban J connectivity index is 1.80. The number of nitrogens with one attached hydrogen (secondary N) is 1. The summed E-state index contributed by atoms with van der Waals surface area (Å²) < 4.78 is 7.20. The minimum absolute atomic E-state index is 0.0695. The summed E-state index contributed by atoms with van der Waals surface area (Å²) in [5.74, 6) is 0.503.